The number of anilines is 2. The molecule has 0 saturated heterocycles. The molecule has 0 radical (unpaired) electrons. The van der Waals surface area contributed by atoms with Crippen LogP contribution in [-0.2, 0) is 17.6 Å². The SMILES string of the molecule is CN(C(=O)CCc1ccc(-c2ccc(CCCCN=C(N)NC(=O)c3nc(Cl)c(N)nc3N)cc2)cc1)[C@@H](CCCCN(C[C@H](O)[C@@H](O)[C@H](O)[C@H](O)CO)C[C@H](O)[C@@H](O)[C@H](O)[C@H](O)CO)c1nn[nH]n1. The molecule has 70 heavy (non-hydrogen) atoms. The summed E-state index contributed by atoms with van der Waals surface area (Å²) < 4.78 is 0. The molecule has 0 spiro atoms. The summed E-state index contributed by atoms with van der Waals surface area (Å²) in [7, 11) is 1.64. The van der Waals surface area contributed by atoms with Crippen molar-refractivity contribution in [2.24, 2.45) is 10.7 Å². The van der Waals surface area contributed by atoms with Crippen LogP contribution >= 0.6 is 11.6 Å². The number of hydrogen-bond donors (Lipinski definition) is 15. The van der Waals surface area contributed by atoms with Gasteiger partial charge in [-0.05, 0) is 73.7 Å². The number of benzene rings is 2. The number of amides is 2. The van der Waals surface area contributed by atoms with E-state index in [2.05, 4.69) is 53.0 Å². The number of hydrogen-bond acceptors (Lipinski definition) is 21. The molecule has 2 heterocycles. The highest BCUT2D eigenvalue weighted by molar-refractivity contribution is 6.31. The summed E-state index contributed by atoms with van der Waals surface area (Å²) in [6, 6.07) is 15.5. The van der Waals surface area contributed by atoms with Gasteiger partial charge in [-0.1, -0.05) is 65.3 Å². The van der Waals surface area contributed by atoms with Gasteiger partial charge in [0.1, 0.15) is 36.6 Å². The first-order valence-corrected chi connectivity index (χ1v) is 23.0. The maximum atomic E-state index is 13.6. The highest BCUT2D eigenvalue weighted by Gasteiger charge is 2.34. The number of aryl methyl sites for hydroxylation is 2. The zero-order chi connectivity index (χ0) is 51.5. The van der Waals surface area contributed by atoms with E-state index in [1.807, 2.05) is 36.4 Å². The van der Waals surface area contributed by atoms with E-state index in [1.54, 1.807) is 7.05 Å². The van der Waals surface area contributed by atoms with E-state index < -0.39 is 87.1 Å². The second kappa shape index (κ2) is 28.3. The van der Waals surface area contributed by atoms with E-state index in [4.69, 9.17) is 39.0 Å². The number of unbranched alkanes of at least 4 members (excludes halogenated alkanes) is 2. The summed E-state index contributed by atoms with van der Waals surface area (Å²) in [5.41, 5.74) is 21.0. The average molecular weight is 1000 g/mol. The lowest BCUT2D eigenvalue weighted by Gasteiger charge is -2.33. The summed E-state index contributed by atoms with van der Waals surface area (Å²) in [6.45, 7) is -2.09. The molecule has 0 unspecified atom stereocenters. The monoisotopic (exact) mass is 1000 g/mol. The van der Waals surface area contributed by atoms with Crippen molar-refractivity contribution in [3.63, 3.8) is 0 Å². The quantitative estimate of drug-likeness (QED) is 0.0147. The van der Waals surface area contributed by atoms with Crippen LogP contribution in [0.15, 0.2) is 53.5 Å². The van der Waals surface area contributed by atoms with E-state index in [-0.39, 0.29) is 53.1 Å². The Labute approximate surface area is 408 Å². The third-order valence-corrected chi connectivity index (χ3v) is 11.9. The molecule has 4 rings (SSSR count). The number of rotatable bonds is 29. The summed E-state index contributed by atoms with van der Waals surface area (Å²) in [5, 5.41) is 117. The van der Waals surface area contributed by atoms with Gasteiger partial charge in [0.25, 0.3) is 5.91 Å². The number of carbonyl (C=O) groups excluding carboxylic acids is 2. The molecule has 0 saturated carbocycles. The standard InChI is InChI=1S/C44H66ClN13O12/c1-57(28(42-53-55-56-54-42)7-3-5-19-58(20-29(61)35(66)37(68)31(63)22-59)21-30(62)36(67)38(69)32(64)23-60)33(65)17-12-25-10-15-27(16-11-25)26-13-8-24(9-14-26)6-2-4-18-49-44(48)52-43(70)34-40(46)51-41(47)39(45)50-34/h8-11,13-16,28-32,35-38,59-64,66-69H,2-7,12,17-23H2,1H3,(H4,46,47,51)(H3,48,49,52,70)(H,53,54,55,56)/t28-,29-,30-,31+,32+,35+,36+,37+,38+/m0/s1. The summed E-state index contributed by atoms with van der Waals surface area (Å²) in [4.78, 5) is 40.8. The molecule has 25 nitrogen and oxygen atoms in total. The largest absolute Gasteiger partial charge is 0.394 e. The van der Waals surface area contributed by atoms with Crippen LogP contribution in [0.3, 0.4) is 0 Å². The van der Waals surface area contributed by atoms with Gasteiger partial charge < -0.3 is 73.2 Å². The number of aliphatic hydroxyl groups is 10. The number of aromatic nitrogens is 6. The number of nitrogens with two attached hydrogens (primary N) is 3. The van der Waals surface area contributed by atoms with Gasteiger partial charge in [0.15, 0.2) is 34.3 Å². The fourth-order valence-corrected chi connectivity index (χ4v) is 7.53. The molecule has 0 fully saturated rings. The number of aliphatic hydroxyl groups excluding tert-OH is 10. The predicted octanol–water partition coefficient (Wildman–Crippen LogP) is -2.98. The van der Waals surface area contributed by atoms with E-state index in [1.165, 1.54) is 9.80 Å². The van der Waals surface area contributed by atoms with Crippen LogP contribution in [0.2, 0.25) is 5.15 Å². The number of guanidine groups is 1. The topological polar surface area (TPSA) is 426 Å². The molecule has 9 atom stereocenters. The van der Waals surface area contributed by atoms with Crippen LogP contribution in [0.25, 0.3) is 11.1 Å². The Morgan fingerprint density at radius 2 is 1.29 bits per heavy atom. The first-order valence-electron chi connectivity index (χ1n) is 22.6. The number of tetrazole rings is 1. The van der Waals surface area contributed by atoms with E-state index in [0.717, 1.165) is 41.5 Å². The number of nitrogens with one attached hydrogen (secondary N) is 2. The van der Waals surface area contributed by atoms with Crippen molar-refractivity contribution >= 4 is 41.0 Å². The molecule has 4 aromatic rings. The molecule has 0 aliphatic heterocycles. The van der Waals surface area contributed by atoms with Gasteiger partial charge in [0.05, 0.1) is 31.5 Å². The second-order valence-corrected chi connectivity index (χ2v) is 17.2. The normalized spacial score (nSPS) is 15.9. The van der Waals surface area contributed by atoms with Crippen molar-refractivity contribution in [3.8, 4) is 11.1 Å². The Hall–Kier alpha value is -5.55. The summed E-state index contributed by atoms with van der Waals surface area (Å²) in [5.74, 6) is -0.991. The highest BCUT2D eigenvalue weighted by atomic mass is 35.5. The molecule has 26 heteroatoms. The fraction of sp³-hybridized carbons (Fsp3) is 0.545. The Balaban J connectivity index is 1.26. The molecule has 386 valence electrons. The number of nitrogens with zero attached hydrogens (tertiary/aromatic N) is 8. The van der Waals surface area contributed by atoms with Crippen LogP contribution in [-0.4, -0.2) is 205 Å². The van der Waals surface area contributed by atoms with Crippen LogP contribution in [0.1, 0.15) is 72.0 Å². The third kappa shape index (κ3) is 17.1. The fourth-order valence-electron chi connectivity index (χ4n) is 7.40. The smallest absolute Gasteiger partial charge is 0.280 e. The van der Waals surface area contributed by atoms with E-state index in [0.29, 0.717) is 32.2 Å². The Morgan fingerprint density at radius 3 is 1.81 bits per heavy atom. The van der Waals surface area contributed by atoms with Crippen LogP contribution in [0.5, 0.6) is 0 Å². The average Bonchev–Trinajstić information content (AvgIpc) is 3.90. The second-order valence-electron chi connectivity index (χ2n) is 16.8. The predicted molar refractivity (Wildman–Crippen MR) is 255 cm³/mol. The maximum Gasteiger partial charge on any atom is 0.280 e. The Bertz CT molecular complexity index is 2200. The third-order valence-electron chi connectivity index (χ3n) is 11.6. The van der Waals surface area contributed by atoms with E-state index >= 15 is 0 Å². The maximum absolute atomic E-state index is 13.6. The van der Waals surface area contributed by atoms with Gasteiger partial charge in [-0.25, -0.2) is 9.97 Å². The van der Waals surface area contributed by atoms with Crippen molar-refractivity contribution in [2.75, 3.05) is 57.9 Å². The molecular formula is C44H66ClN13O12. The van der Waals surface area contributed by atoms with Crippen molar-refractivity contribution in [1.82, 2.24) is 45.7 Å². The molecule has 2 aromatic carbocycles. The van der Waals surface area contributed by atoms with Gasteiger partial charge in [-0.3, -0.25) is 24.8 Å². The van der Waals surface area contributed by atoms with Crippen molar-refractivity contribution in [2.45, 2.75) is 106 Å². The highest BCUT2D eigenvalue weighted by Crippen LogP contribution is 2.25. The van der Waals surface area contributed by atoms with Gasteiger partial charge in [0, 0.05) is 33.1 Å². The first-order chi connectivity index (χ1) is 33.3. The molecule has 2 aromatic heterocycles. The lowest BCUT2D eigenvalue weighted by atomic mass is 9.99. The molecule has 18 N–H and O–H groups in total. The number of nitrogen functional groups attached to an aromatic ring is 2. The number of halogens is 1. The van der Waals surface area contributed by atoms with Crippen LogP contribution in [0, 0.1) is 0 Å². The Kier molecular flexibility index (Phi) is 23.1. The van der Waals surface area contributed by atoms with Gasteiger partial charge in [-0.2, -0.15) is 5.21 Å². The van der Waals surface area contributed by atoms with Gasteiger partial charge in [-0.15, -0.1) is 10.2 Å². The zero-order valence-corrected chi connectivity index (χ0v) is 39.4. The van der Waals surface area contributed by atoms with Crippen LogP contribution < -0.4 is 22.5 Å². The Morgan fingerprint density at radius 1 is 0.743 bits per heavy atom. The minimum atomic E-state index is -1.91. The lowest BCUT2D eigenvalue weighted by molar-refractivity contribution is -0.132. The molecule has 0 aliphatic carbocycles. The molecule has 0 bridgehead atoms. The minimum Gasteiger partial charge on any atom is -0.394 e. The number of aromatic amines is 1. The molecule has 2 amide bonds. The first kappa shape index (κ1) is 57.0. The van der Waals surface area contributed by atoms with Crippen molar-refractivity contribution < 1.29 is 60.7 Å². The van der Waals surface area contributed by atoms with Crippen molar-refractivity contribution in [3.05, 3.63) is 76.3 Å². The molecular weight excluding hydrogens is 938 g/mol. The van der Waals surface area contributed by atoms with Gasteiger partial charge >= 0.3 is 0 Å². The van der Waals surface area contributed by atoms with Crippen LogP contribution in [0.4, 0.5) is 11.6 Å². The van der Waals surface area contributed by atoms with Crippen molar-refractivity contribution in [1.29, 1.82) is 0 Å². The summed E-state index contributed by atoms with van der Waals surface area (Å²) >= 11 is 5.84. The number of aliphatic imine (C=N–C) groups is 1. The number of H-pyrrole nitrogens is 1. The summed E-state index contributed by atoms with van der Waals surface area (Å²) in [6.07, 6.45) is -10.5. The number of carbonyl (C=O) groups is 2. The van der Waals surface area contributed by atoms with E-state index in [9.17, 15) is 50.4 Å². The van der Waals surface area contributed by atoms with Gasteiger partial charge in [0.2, 0.25) is 5.91 Å². The zero-order valence-electron chi connectivity index (χ0n) is 38.7. The lowest BCUT2D eigenvalue weighted by Crippen LogP contribution is -2.53. The minimum absolute atomic E-state index is 0.0934. The molecule has 0 aliphatic rings.